The third kappa shape index (κ3) is 4.86. The molecule has 6 heteroatoms. The molecule has 2 aliphatic rings. The molecule has 0 bridgehead atoms. The lowest BCUT2D eigenvalue weighted by atomic mass is 9.80. The molecule has 4 nitrogen and oxygen atoms in total. The number of likely N-dealkylation sites (tertiary alicyclic amines) is 1. The van der Waals surface area contributed by atoms with E-state index in [2.05, 4.69) is 26.0 Å². The summed E-state index contributed by atoms with van der Waals surface area (Å²) in [5, 5.41) is 0. The molecular formula is C19H28N2O2S2. The summed E-state index contributed by atoms with van der Waals surface area (Å²) in [6.45, 7) is 5.76. The van der Waals surface area contributed by atoms with Crippen molar-refractivity contribution in [3.63, 3.8) is 0 Å². The van der Waals surface area contributed by atoms with Gasteiger partial charge in [-0.15, -0.1) is 23.5 Å². The average molecular weight is 381 g/mol. The van der Waals surface area contributed by atoms with Gasteiger partial charge in [0.2, 0.25) is 0 Å². The summed E-state index contributed by atoms with van der Waals surface area (Å²) in [6, 6.07) is 8.36. The van der Waals surface area contributed by atoms with E-state index >= 15 is 0 Å². The van der Waals surface area contributed by atoms with Gasteiger partial charge in [0.1, 0.15) is 5.75 Å². The van der Waals surface area contributed by atoms with E-state index in [-0.39, 0.29) is 24.0 Å². The first-order valence-corrected chi connectivity index (χ1v) is 11.0. The summed E-state index contributed by atoms with van der Waals surface area (Å²) in [7, 11) is 0. The lowest BCUT2D eigenvalue weighted by Crippen LogP contribution is -2.54. The molecule has 2 N–H and O–H groups in total. The van der Waals surface area contributed by atoms with Crippen LogP contribution >= 0.6 is 23.5 Å². The maximum atomic E-state index is 12.4. The van der Waals surface area contributed by atoms with Crippen LogP contribution in [0.2, 0.25) is 0 Å². The Bertz CT molecular complexity index is 586. The summed E-state index contributed by atoms with van der Waals surface area (Å²) in [6.07, 6.45) is 2.15. The summed E-state index contributed by atoms with van der Waals surface area (Å²) < 4.78 is 6.25. The highest BCUT2D eigenvalue weighted by Crippen LogP contribution is 2.43. The zero-order chi connectivity index (χ0) is 17.9. The number of nitrogens with zero attached hydrogens (tertiary/aromatic N) is 1. The molecule has 1 unspecified atom stereocenters. The van der Waals surface area contributed by atoms with Gasteiger partial charge in [-0.25, -0.2) is 0 Å². The quantitative estimate of drug-likeness (QED) is 0.866. The van der Waals surface area contributed by atoms with Crippen molar-refractivity contribution in [3.8, 4) is 5.75 Å². The van der Waals surface area contributed by atoms with Crippen LogP contribution in [-0.2, 0) is 4.79 Å². The average Bonchev–Trinajstić information content (AvgIpc) is 2.63. The number of ether oxygens (including phenoxy) is 1. The van der Waals surface area contributed by atoms with E-state index in [4.69, 9.17) is 10.5 Å². The Labute approximate surface area is 159 Å². The number of hydrogen-bond donors (Lipinski definition) is 1. The number of amides is 1. The molecule has 2 saturated heterocycles. The number of piperidine rings is 1. The molecule has 2 fully saturated rings. The van der Waals surface area contributed by atoms with Crippen LogP contribution in [0.4, 0.5) is 0 Å². The maximum absolute atomic E-state index is 12.4. The van der Waals surface area contributed by atoms with Gasteiger partial charge in [0, 0.05) is 19.1 Å². The van der Waals surface area contributed by atoms with E-state index in [9.17, 15) is 4.79 Å². The van der Waals surface area contributed by atoms with Gasteiger partial charge in [0.25, 0.3) is 5.91 Å². The molecule has 3 rings (SSSR count). The number of rotatable bonds is 4. The Balaban J connectivity index is 1.50. The van der Waals surface area contributed by atoms with E-state index in [0.29, 0.717) is 11.1 Å². The van der Waals surface area contributed by atoms with Crippen LogP contribution < -0.4 is 10.5 Å². The molecular weight excluding hydrogens is 352 g/mol. The maximum Gasteiger partial charge on any atom is 0.260 e. The fourth-order valence-electron chi connectivity index (χ4n) is 3.22. The van der Waals surface area contributed by atoms with Crippen molar-refractivity contribution in [2.75, 3.05) is 31.2 Å². The van der Waals surface area contributed by atoms with Gasteiger partial charge in [-0.05, 0) is 47.5 Å². The summed E-state index contributed by atoms with van der Waals surface area (Å²) >= 11 is 4.02. The largest absolute Gasteiger partial charge is 0.484 e. The Hall–Kier alpha value is -0.850. The number of nitrogens with two attached hydrogens (primary N) is 1. The van der Waals surface area contributed by atoms with Crippen molar-refractivity contribution in [1.29, 1.82) is 0 Å². The van der Waals surface area contributed by atoms with Crippen molar-refractivity contribution < 1.29 is 9.53 Å². The van der Waals surface area contributed by atoms with Gasteiger partial charge < -0.3 is 15.4 Å². The van der Waals surface area contributed by atoms with Crippen LogP contribution in [0.3, 0.4) is 0 Å². The van der Waals surface area contributed by atoms with Gasteiger partial charge >= 0.3 is 0 Å². The van der Waals surface area contributed by atoms with Gasteiger partial charge in [-0.3, -0.25) is 4.79 Å². The normalized spacial score (nSPS) is 24.1. The summed E-state index contributed by atoms with van der Waals surface area (Å²) in [5.74, 6) is 3.28. The molecule has 0 aromatic heterocycles. The van der Waals surface area contributed by atoms with Crippen LogP contribution in [0.1, 0.15) is 36.8 Å². The Morgan fingerprint density at radius 2 is 1.96 bits per heavy atom. The van der Waals surface area contributed by atoms with Crippen molar-refractivity contribution in [2.24, 2.45) is 11.1 Å². The van der Waals surface area contributed by atoms with Gasteiger partial charge in [0.15, 0.2) is 6.61 Å². The van der Waals surface area contributed by atoms with Gasteiger partial charge in [-0.2, -0.15) is 0 Å². The standard InChI is InChI=1S/C19H28N2O2S2/c1-19(2)13-21(9-8-16(19)20)17(22)12-23-15-6-4-14(5-7-15)18-24-10-3-11-25-18/h4-7,16,18H,3,8-13,20H2,1-2H3. The van der Waals surface area contributed by atoms with Crippen molar-refractivity contribution in [2.45, 2.75) is 37.3 Å². The second-order valence-electron chi connectivity index (χ2n) is 7.48. The molecule has 0 radical (unpaired) electrons. The number of benzene rings is 1. The van der Waals surface area contributed by atoms with Crippen molar-refractivity contribution >= 4 is 29.4 Å². The third-order valence-corrected chi connectivity index (χ3v) is 8.02. The molecule has 0 spiro atoms. The first-order chi connectivity index (χ1) is 12.0. The Morgan fingerprint density at radius 3 is 2.60 bits per heavy atom. The predicted molar refractivity (Wildman–Crippen MR) is 107 cm³/mol. The molecule has 1 aromatic rings. The van der Waals surface area contributed by atoms with Gasteiger partial charge in [0.05, 0.1) is 4.58 Å². The van der Waals surface area contributed by atoms with Gasteiger partial charge in [-0.1, -0.05) is 26.0 Å². The molecule has 138 valence electrons. The van der Waals surface area contributed by atoms with Crippen LogP contribution in [0, 0.1) is 5.41 Å². The molecule has 1 atom stereocenters. The predicted octanol–water partition coefficient (Wildman–Crippen LogP) is 3.52. The van der Waals surface area contributed by atoms with E-state index in [0.717, 1.165) is 18.7 Å². The van der Waals surface area contributed by atoms with E-state index in [1.807, 2.05) is 40.6 Å². The fraction of sp³-hybridized carbons (Fsp3) is 0.632. The molecule has 25 heavy (non-hydrogen) atoms. The zero-order valence-corrected chi connectivity index (χ0v) is 16.7. The van der Waals surface area contributed by atoms with Crippen LogP contribution in [0.15, 0.2) is 24.3 Å². The second-order valence-corrected chi connectivity index (χ2v) is 10.2. The monoisotopic (exact) mass is 380 g/mol. The molecule has 2 aliphatic heterocycles. The topological polar surface area (TPSA) is 55.6 Å². The molecule has 0 saturated carbocycles. The highest BCUT2D eigenvalue weighted by atomic mass is 32.2. The minimum Gasteiger partial charge on any atom is -0.484 e. The molecule has 2 heterocycles. The fourth-order valence-corrected chi connectivity index (χ4v) is 6.12. The first-order valence-electron chi connectivity index (χ1n) is 8.95. The lowest BCUT2D eigenvalue weighted by Gasteiger charge is -2.42. The van der Waals surface area contributed by atoms with Crippen LogP contribution in [0.25, 0.3) is 0 Å². The van der Waals surface area contributed by atoms with E-state index in [1.54, 1.807) is 0 Å². The molecule has 0 aliphatic carbocycles. The number of carbonyl (C=O) groups is 1. The second kappa shape index (κ2) is 8.23. The lowest BCUT2D eigenvalue weighted by molar-refractivity contribution is -0.136. The number of carbonyl (C=O) groups excluding carboxylic acids is 1. The first kappa shape index (κ1) is 18.9. The summed E-state index contributed by atoms with van der Waals surface area (Å²) in [5.41, 5.74) is 7.44. The van der Waals surface area contributed by atoms with Crippen molar-refractivity contribution in [1.82, 2.24) is 4.90 Å². The molecule has 1 amide bonds. The highest BCUT2D eigenvalue weighted by Gasteiger charge is 2.35. The van der Waals surface area contributed by atoms with E-state index in [1.165, 1.54) is 23.5 Å². The smallest absolute Gasteiger partial charge is 0.260 e. The minimum atomic E-state index is -0.0368. The zero-order valence-electron chi connectivity index (χ0n) is 15.1. The highest BCUT2D eigenvalue weighted by molar-refractivity contribution is 8.16. The Morgan fingerprint density at radius 1 is 1.28 bits per heavy atom. The minimum absolute atomic E-state index is 0.0368. The number of thioether (sulfide) groups is 2. The SMILES string of the molecule is CC1(C)CN(C(=O)COc2ccc(C3SCCCS3)cc2)CCC1N. The van der Waals surface area contributed by atoms with Crippen LogP contribution in [0.5, 0.6) is 5.75 Å². The van der Waals surface area contributed by atoms with Crippen LogP contribution in [-0.4, -0.2) is 48.1 Å². The molecule has 1 aromatic carbocycles. The van der Waals surface area contributed by atoms with Crippen molar-refractivity contribution in [3.05, 3.63) is 29.8 Å². The third-order valence-electron chi connectivity index (χ3n) is 5.01. The number of hydrogen-bond acceptors (Lipinski definition) is 5. The Kier molecular flexibility index (Phi) is 6.23. The van der Waals surface area contributed by atoms with E-state index < -0.39 is 0 Å². The summed E-state index contributed by atoms with van der Waals surface area (Å²) in [4.78, 5) is 14.3.